The molecule has 3 aromatic rings. The molecule has 6 nitrogen and oxygen atoms in total. The number of aromatic nitrogens is 5. The monoisotopic (exact) mass is 268 g/mol. The van der Waals surface area contributed by atoms with E-state index >= 15 is 0 Å². The van der Waals surface area contributed by atoms with Crippen molar-refractivity contribution >= 4 is 17.2 Å². The van der Waals surface area contributed by atoms with Crippen molar-refractivity contribution in [3.8, 4) is 0 Å². The maximum absolute atomic E-state index is 4.27. The maximum atomic E-state index is 4.27. The quantitative estimate of drug-likeness (QED) is 0.773. The lowest BCUT2D eigenvalue weighted by molar-refractivity contribution is 0.590. The van der Waals surface area contributed by atoms with Crippen molar-refractivity contribution in [3.63, 3.8) is 0 Å². The average molecular weight is 268 g/mol. The van der Waals surface area contributed by atoms with Crippen LogP contribution in [0.3, 0.4) is 0 Å². The van der Waals surface area contributed by atoms with Gasteiger partial charge in [-0.15, -0.1) is 14.8 Å². The van der Waals surface area contributed by atoms with Crippen molar-refractivity contribution in [3.05, 3.63) is 42.0 Å². The van der Waals surface area contributed by atoms with E-state index in [0.717, 1.165) is 5.69 Å². The lowest BCUT2D eigenvalue weighted by atomic mass is 9.87. The Balaban J connectivity index is 1.83. The van der Waals surface area contributed by atoms with Gasteiger partial charge in [-0.2, -0.15) is 0 Å². The molecule has 0 aliphatic carbocycles. The Morgan fingerprint density at radius 3 is 2.45 bits per heavy atom. The van der Waals surface area contributed by atoms with Gasteiger partial charge in [0.25, 0.3) is 0 Å². The maximum Gasteiger partial charge on any atom is 0.200 e. The fourth-order valence-electron chi connectivity index (χ4n) is 1.92. The van der Waals surface area contributed by atoms with Gasteiger partial charge in [0.05, 0.1) is 0 Å². The van der Waals surface area contributed by atoms with Crippen LogP contribution >= 0.6 is 0 Å². The Hall–Kier alpha value is -2.50. The number of rotatable bonds is 2. The van der Waals surface area contributed by atoms with E-state index in [1.807, 2.05) is 24.3 Å². The van der Waals surface area contributed by atoms with Crippen LogP contribution in [-0.4, -0.2) is 25.3 Å². The molecule has 2 heterocycles. The Morgan fingerprint density at radius 1 is 1.00 bits per heavy atom. The van der Waals surface area contributed by atoms with Crippen molar-refractivity contribution < 1.29 is 0 Å². The topological polar surface area (TPSA) is 68.0 Å². The third-order valence-electron chi connectivity index (χ3n) is 3.09. The predicted molar refractivity (Wildman–Crippen MR) is 77.0 cm³/mol. The largest absolute Gasteiger partial charge is 0.339 e. The number of tetrazole rings is 1. The number of hydrogen-bond acceptors (Lipinski definition) is 5. The summed E-state index contributed by atoms with van der Waals surface area (Å²) >= 11 is 0. The van der Waals surface area contributed by atoms with Gasteiger partial charge >= 0.3 is 0 Å². The Morgan fingerprint density at radius 2 is 1.75 bits per heavy atom. The first kappa shape index (κ1) is 12.5. The van der Waals surface area contributed by atoms with Crippen molar-refractivity contribution in [1.29, 1.82) is 0 Å². The van der Waals surface area contributed by atoms with E-state index in [1.54, 1.807) is 0 Å². The molecule has 6 heteroatoms. The van der Waals surface area contributed by atoms with Crippen LogP contribution in [0, 0.1) is 0 Å². The van der Waals surface area contributed by atoms with Crippen LogP contribution in [0.15, 0.2) is 36.4 Å². The van der Waals surface area contributed by atoms with Gasteiger partial charge in [0.1, 0.15) is 0 Å². The van der Waals surface area contributed by atoms with E-state index in [2.05, 4.69) is 58.8 Å². The zero-order valence-corrected chi connectivity index (χ0v) is 11.7. The summed E-state index contributed by atoms with van der Waals surface area (Å²) in [4.78, 5) is 0. The van der Waals surface area contributed by atoms with E-state index < -0.39 is 0 Å². The summed E-state index contributed by atoms with van der Waals surface area (Å²) in [5.41, 5.74) is 3.06. The number of anilines is 2. The van der Waals surface area contributed by atoms with Crippen LogP contribution in [0.25, 0.3) is 5.65 Å². The molecular weight excluding hydrogens is 252 g/mol. The molecule has 1 N–H and O–H groups in total. The number of nitrogens with one attached hydrogen (secondary N) is 1. The number of fused-ring (bicyclic) bond motifs is 1. The lowest BCUT2D eigenvalue weighted by Gasteiger charge is -2.19. The molecule has 0 fully saturated rings. The molecule has 2 aromatic heterocycles. The van der Waals surface area contributed by atoms with Gasteiger partial charge < -0.3 is 5.32 Å². The van der Waals surface area contributed by atoms with Gasteiger partial charge in [-0.05, 0) is 45.7 Å². The standard InChI is InChI=1S/C14H16N6/c1-14(2,3)10-4-6-11(7-5-10)15-12-8-9-13-16-18-19-20(13)17-12/h4-9H,1-3H3,(H,15,17). The SMILES string of the molecule is CC(C)(C)c1ccc(Nc2ccc3nnnn3n2)cc1. The van der Waals surface area contributed by atoms with Crippen molar-refractivity contribution in [2.45, 2.75) is 26.2 Å². The highest BCUT2D eigenvalue weighted by atomic mass is 15.6. The molecule has 0 atom stereocenters. The van der Waals surface area contributed by atoms with Crippen LogP contribution in [0.2, 0.25) is 0 Å². The lowest BCUT2D eigenvalue weighted by Crippen LogP contribution is -2.10. The second-order valence-corrected chi connectivity index (χ2v) is 5.70. The third-order valence-corrected chi connectivity index (χ3v) is 3.09. The first-order valence-electron chi connectivity index (χ1n) is 6.45. The Labute approximate surface area is 116 Å². The van der Waals surface area contributed by atoms with Crippen LogP contribution in [0.5, 0.6) is 0 Å². The van der Waals surface area contributed by atoms with Gasteiger partial charge in [0.15, 0.2) is 11.5 Å². The van der Waals surface area contributed by atoms with E-state index in [9.17, 15) is 0 Å². The smallest absolute Gasteiger partial charge is 0.200 e. The van der Waals surface area contributed by atoms with E-state index in [-0.39, 0.29) is 5.41 Å². The molecule has 0 saturated heterocycles. The summed E-state index contributed by atoms with van der Waals surface area (Å²) < 4.78 is 1.39. The summed E-state index contributed by atoms with van der Waals surface area (Å²) in [6, 6.07) is 12.0. The summed E-state index contributed by atoms with van der Waals surface area (Å²) in [7, 11) is 0. The van der Waals surface area contributed by atoms with Gasteiger partial charge in [-0.3, -0.25) is 0 Å². The number of nitrogens with zero attached hydrogens (tertiary/aromatic N) is 5. The molecule has 0 amide bonds. The van der Waals surface area contributed by atoms with Gasteiger partial charge in [0, 0.05) is 5.69 Å². The molecular formula is C14H16N6. The highest BCUT2D eigenvalue weighted by Gasteiger charge is 2.12. The average Bonchev–Trinajstić information content (AvgIpc) is 2.86. The van der Waals surface area contributed by atoms with E-state index in [4.69, 9.17) is 0 Å². The molecule has 0 unspecified atom stereocenters. The van der Waals surface area contributed by atoms with Crippen LogP contribution in [0.4, 0.5) is 11.5 Å². The first-order valence-corrected chi connectivity index (χ1v) is 6.45. The minimum Gasteiger partial charge on any atom is -0.339 e. The minimum absolute atomic E-state index is 0.155. The summed E-state index contributed by atoms with van der Waals surface area (Å²) in [5, 5.41) is 18.7. The van der Waals surface area contributed by atoms with Crippen molar-refractivity contribution in [2.24, 2.45) is 0 Å². The molecule has 3 rings (SSSR count). The highest BCUT2D eigenvalue weighted by molar-refractivity contribution is 5.57. The van der Waals surface area contributed by atoms with E-state index in [1.165, 1.54) is 10.2 Å². The zero-order valence-electron chi connectivity index (χ0n) is 11.7. The first-order chi connectivity index (χ1) is 9.52. The predicted octanol–water partition coefficient (Wildman–Crippen LogP) is 2.56. The Kier molecular flexibility index (Phi) is 2.85. The van der Waals surface area contributed by atoms with Gasteiger partial charge in [-0.1, -0.05) is 32.9 Å². The minimum atomic E-state index is 0.155. The molecule has 20 heavy (non-hydrogen) atoms. The molecule has 0 aliphatic heterocycles. The number of hydrogen-bond donors (Lipinski definition) is 1. The van der Waals surface area contributed by atoms with Gasteiger partial charge in [0.2, 0.25) is 0 Å². The second kappa shape index (κ2) is 4.56. The summed E-state index contributed by atoms with van der Waals surface area (Å²) in [5.74, 6) is 0.702. The van der Waals surface area contributed by atoms with Crippen LogP contribution < -0.4 is 5.32 Å². The van der Waals surface area contributed by atoms with Crippen LogP contribution in [-0.2, 0) is 5.41 Å². The fraction of sp³-hybridized carbons (Fsp3) is 0.286. The summed E-state index contributed by atoms with van der Waals surface area (Å²) in [6.45, 7) is 6.59. The fourth-order valence-corrected chi connectivity index (χ4v) is 1.92. The molecule has 0 bridgehead atoms. The number of benzene rings is 1. The van der Waals surface area contributed by atoms with Crippen LogP contribution in [0.1, 0.15) is 26.3 Å². The van der Waals surface area contributed by atoms with Gasteiger partial charge in [-0.25, -0.2) is 0 Å². The molecule has 0 radical (unpaired) electrons. The molecule has 1 aromatic carbocycles. The normalized spacial score (nSPS) is 11.8. The third kappa shape index (κ3) is 2.45. The summed E-state index contributed by atoms with van der Waals surface area (Å²) in [6.07, 6.45) is 0. The highest BCUT2D eigenvalue weighted by Crippen LogP contribution is 2.24. The molecule has 0 spiro atoms. The van der Waals surface area contributed by atoms with Crippen molar-refractivity contribution in [2.75, 3.05) is 5.32 Å². The van der Waals surface area contributed by atoms with Crippen molar-refractivity contribution in [1.82, 2.24) is 25.3 Å². The Bertz CT molecular complexity index is 723. The van der Waals surface area contributed by atoms with E-state index in [0.29, 0.717) is 11.5 Å². The zero-order chi connectivity index (χ0) is 14.2. The second-order valence-electron chi connectivity index (χ2n) is 5.70. The molecule has 102 valence electrons. The molecule has 0 aliphatic rings. The molecule has 0 saturated carbocycles.